The summed E-state index contributed by atoms with van der Waals surface area (Å²) in [7, 11) is 0. The van der Waals surface area contributed by atoms with E-state index < -0.39 is 0 Å². The summed E-state index contributed by atoms with van der Waals surface area (Å²) < 4.78 is 0. The highest BCUT2D eigenvalue weighted by Crippen LogP contribution is 2.28. The Hall–Kier alpha value is -4.78. The van der Waals surface area contributed by atoms with Crippen LogP contribution in [-0.4, -0.2) is 34.9 Å². The van der Waals surface area contributed by atoms with Gasteiger partial charge in [-0.05, 0) is 60.7 Å². The van der Waals surface area contributed by atoms with E-state index >= 15 is 0 Å². The van der Waals surface area contributed by atoms with Crippen LogP contribution in [0.3, 0.4) is 0 Å². The van der Waals surface area contributed by atoms with Gasteiger partial charge in [-0.2, -0.15) is 0 Å². The smallest absolute Gasteiger partial charge is 0.138 e. The van der Waals surface area contributed by atoms with Crippen molar-refractivity contribution in [3.63, 3.8) is 0 Å². The third kappa shape index (κ3) is 2.98. The quantitative estimate of drug-likeness (QED) is 0.336. The molecule has 4 heterocycles. The molecule has 0 radical (unpaired) electrons. The predicted molar refractivity (Wildman–Crippen MR) is 130 cm³/mol. The first kappa shape index (κ1) is 17.9. The van der Waals surface area contributed by atoms with Crippen molar-refractivity contribution in [3.8, 4) is 34.0 Å². The number of nitrogens with zero attached hydrogens (tertiary/aromatic N) is 4. The Labute approximate surface area is 187 Å². The van der Waals surface area contributed by atoms with E-state index in [1.165, 1.54) is 0 Å². The lowest BCUT2D eigenvalue weighted by Crippen LogP contribution is -1.81. The van der Waals surface area contributed by atoms with Crippen molar-refractivity contribution in [1.82, 2.24) is 34.9 Å². The van der Waals surface area contributed by atoms with Gasteiger partial charge in [0, 0.05) is 22.9 Å². The summed E-state index contributed by atoms with van der Waals surface area (Å²) in [5, 5.41) is 0. The van der Waals surface area contributed by atoms with Gasteiger partial charge in [-0.15, -0.1) is 0 Å². The Balaban J connectivity index is 1.27. The van der Waals surface area contributed by atoms with Crippen molar-refractivity contribution in [2.75, 3.05) is 0 Å². The molecule has 0 saturated heterocycles. The summed E-state index contributed by atoms with van der Waals surface area (Å²) >= 11 is 0. The van der Waals surface area contributed by atoms with Gasteiger partial charge in [-0.1, -0.05) is 12.1 Å². The fourth-order valence-electron chi connectivity index (χ4n) is 4.20. The van der Waals surface area contributed by atoms with Crippen molar-refractivity contribution in [2.24, 2.45) is 0 Å². The highest BCUT2D eigenvalue weighted by atomic mass is 14.9. The van der Waals surface area contributed by atoms with Gasteiger partial charge in [-0.25, -0.2) is 15.0 Å². The number of hydrogen-bond acceptors (Lipinski definition) is 4. The highest BCUT2D eigenvalue weighted by Gasteiger charge is 2.11. The van der Waals surface area contributed by atoms with Crippen molar-refractivity contribution < 1.29 is 0 Å². The van der Waals surface area contributed by atoms with Crippen molar-refractivity contribution in [3.05, 3.63) is 85.3 Å². The summed E-state index contributed by atoms with van der Waals surface area (Å²) in [4.78, 5) is 28.4. The molecular formula is C26H17N7. The second kappa shape index (κ2) is 6.86. The normalized spacial score (nSPS) is 11.6. The van der Waals surface area contributed by atoms with Crippen LogP contribution < -0.4 is 0 Å². The van der Waals surface area contributed by atoms with Crippen LogP contribution in [0.25, 0.3) is 67.1 Å². The van der Waals surface area contributed by atoms with E-state index in [2.05, 4.69) is 49.2 Å². The molecular weight excluding hydrogens is 410 g/mol. The van der Waals surface area contributed by atoms with Crippen LogP contribution in [0.2, 0.25) is 0 Å². The zero-order valence-corrected chi connectivity index (χ0v) is 17.4. The summed E-state index contributed by atoms with van der Waals surface area (Å²) in [5.74, 6) is 1.63. The van der Waals surface area contributed by atoms with Crippen molar-refractivity contribution in [2.45, 2.75) is 0 Å². The fourth-order valence-corrected chi connectivity index (χ4v) is 4.20. The molecule has 0 amide bonds. The third-order valence-electron chi connectivity index (χ3n) is 5.90. The SMILES string of the molecule is c1ccc(-c2ccc3[nH]c(-c4ccc5[nH]c(-c6ccc7[nH]cnc7c6)nc5c4)nc3c2)nc1. The van der Waals surface area contributed by atoms with Gasteiger partial charge in [0.05, 0.1) is 45.1 Å². The minimum Gasteiger partial charge on any atom is -0.345 e. The maximum Gasteiger partial charge on any atom is 0.138 e. The molecule has 0 spiro atoms. The number of imidazole rings is 3. The Morgan fingerprint density at radius 1 is 0.545 bits per heavy atom. The molecule has 0 fully saturated rings. The molecule has 4 aromatic heterocycles. The third-order valence-corrected chi connectivity index (χ3v) is 5.90. The fraction of sp³-hybridized carbons (Fsp3) is 0. The van der Waals surface area contributed by atoms with E-state index in [0.717, 1.165) is 67.1 Å². The van der Waals surface area contributed by atoms with E-state index in [1.807, 2.05) is 48.5 Å². The highest BCUT2D eigenvalue weighted by molar-refractivity contribution is 5.88. The minimum atomic E-state index is 0.813. The summed E-state index contributed by atoms with van der Waals surface area (Å²) in [6, 6.07) is 24.3. The van der Waals surface area contributed by atoms with Gasteiger partial charge in [-0.3, -0.25) is 4.98 Å². The summed E-state index contributed by atoms with van der Waals surface area (Å²) in [5.41, 5.74) is 9.64. The zero-order valence-electron chi connectivity index (χ0n) is 17.4. The van der Waals surface area contributed by atoms with Crippen LogP contribution in [0, 0.1) is 0 Å². The predicted octanol–water partition coefficient (Wildman–Crippen LogP) is 5.71. The monoisotopic (exact) mass is 427 g/mol. The van der Waals surface area contributed by atoms with Crippen LogP contribution in [0.15, 0.2) is 85.3 Å². The van der Waals surface area contributed by atoms with E-state index in [4.69, 9.17) is 9.97 Å². The molecule has 7 nitrogen and oxygen atoms in total. The molecule has 0 aliphatic rings. The van der Waals surface area contributed by atoms with Crippen LogP contribution in [0.1, 0.15) is 0 Å². The lowest BCUT2D eigenvalue weighted by Gasteiger charge is -1.99. The van der Waals surface area contributed by atoms with Crippen molar-refractivity contribution in [1.29, 1.82) is 0 Å². The molecule has 7 heteroatoms. The lowest BCUT2D eigenvalue weighted by molar-refractivity contribution is 1.33. The van der Waals surface area contributed by atoms with Gasteiger partial charge >= 0.3 is 0 Å². The summed E-state index contributed by atoms with van der Waals surface area (Å²) in [6.07, 6.45) is 3.50. The Bertz CT molecular complexity index is 1770. The Kier molecular flexibility index (Phi) is 3.71. The van der Waals surface area contributed by atoms with Gasteiger partial charge in [0.2, 0.25) is 0 Å². The average Bonchev–Trinajstić information content (AvgIpc) is 3.60. The van der Waals surface area contributed by atoms with Crippen LogP contribution in [-0.2, 0) is 0 Å². The number of pyridine rings is 1. The standard InChI is InChI=1S/C26H17N7/c1-2-10-27-18(3-1)15-4-8-20-23(11-15)32-26(30-20)17-6-9-21-24(13-17)33-25(31-21)16-5-7-19-22(12-16)29-14-28-19/h1-14H,(H,28,29)(H,30,32)(H,31,33). The first-order valence-corrected chi connectivity index (χ1v) is 10.6. The Morgan fingerprint density at radius 2 is 1.18 bits per heavy atom. The zero-order chi connectivity index (χ0) is 21.8. The number of nitrogens with one attached hydrogen (secondary N) is 3. The van der Waals surface area contributed by atoms with Gasteiger partial charge < -0.3 is 15.0 Å². The van der Waals surface area contributed by atoms with Crippen molar-refractivity contribution >= 4 is 33.1 Å². The molecule has 0 bridgehead atoms. The molecule has 7 rings (SSSR count). The van der Waals surface area contributed by atoms with Gasteiger partial charge in [0.15, 0.2) is 0 Å². The molecule has 3 N–H and O–H groups in total. The molecule has 33 heavy (non-hydrogen) atoms. The van der Waals surface area contributed by atoms with E-state index in [0.29, 0.717) is 0 Å². The van der Waals surface area contributed by atoms with Crippen LogP contribution in [0.4, 0.5) is 0 Å². The maximum atomic E-state index is 4.84. The number of aromatic nitrogens is 7. The first-order valence-electron chi connectivity index (χ1n) is 10.6. The molecule has 3 aromatic carbocycles. The maximum absolute atomic E-state index is 4.84. The molecule has 7 aromatic rings. The average molecular weight is 427 g/mol. The largest absolute Gasteiger partial charge is 0.345 e. The number of H-pyrrole nitrogens is 3. The topological polar surface area (TPSA) is 98.9 Å². The number of aromatic amines is 3. The minimum absolute atomic E-state index is 0.813. The van der Waals surface area contributed by atoms with E-state index in [-0.39, 0.29) is 0 Å². The molecule has 0 aliphatic carbocycles. The second-order valence-electron chi connectivity index (χ2n) is 7.98. The number of rotatable bonds is 3. The van der Waals surface area contributed by atoms with Crippen LogP contribution in [0.5, 0.6) is 0 Å². The molecule has 0 unspecified atom stereocenters. The Morgan fingerprint density at radius 3 is 1.88 bits per heavy atom. The molecule has 0 atom stereocenters. The molecule has 0 saturated carbocycles. The summed E-state index contributed by atoms with van der Waals surface area (Å²) in [6.45, 7) is 0. The first-order chi connectivity index (χ1) is 16.3. The van der Waals surface area contributed by atoms with Crippen LogP contribution >= 0.6 is 0 Å². The lowest BCUT2D eigenvalue weighted by atomic mass is 10.1. The number of hydrogen-bond donors (Lipinski definition) is 3. The number of benzene rings is 3. The molecule has 0 aliphatic heterocycles. The molecule has 156 valence electrons. The second-order valence-corrected chi connectivity index (χ2v) is 7.98. The van der Waals surface area contributed by atoms with Gasteiger partial charge in [0.25, 0.3) is 0 Å². The van der Waals surface area contributed by atoms with E-state index in [1.54, 1.807) is 12.5 Å². The number of fused-ring (bicyclic) bond motifs is 3. The van der Waals surface area contributed by atoms with E-state index in [9.17, 15) is 0 Å². The van der Waals surface area contributed by atoms with Gasteiger partial charge in [0.1, 0.15) is 11.6 Å².